The molecule has 0 aromatic carbocycles. The summed E-state index contributed by atoms with van der Waals surface area (Å²) in [5, 5.41) is 8.52. The van der Waals surface area contributed by atoms with E-state index in [4.69, 9.17) is 0 Å². The topological polar surface area (TPSA) is 53.2 Å². The number of urea groups is 1. The van der Waals surface area contributed by atoms with Gasteiger partial charge in [-0.1, -0.05) is 6.92 Å². The minimum Gasteiger partial charge on any atom is -0.338 e. The zero-order valence-corrected chi connectivity index (χ0v) is 8.11. The van der Waals surface area contributed by atoms with Crippen molar-refractivity contribution in [2.45, 2.75) is 26.3 Å². The van der Waals surface area contributed by atoms with E-state index in [1.54, 1.807) is 0 Å². The van der Waals surface area contributed by atoms with E-state index in [0.717, 1.165) is 13.0 Å². The van der Waals surface area contributed by atoms with Crippen LogP contribution in [0.5, 0.6) is 0 Å². The van der Waals surface area contributed by atoms with E-state index in [9.17, 15) is 4.79 Å². The first-order valence-electron chi connectivity index (χ1n) is 4.39. The standard InChI is InChI=1S/C8H19N3O/c1-4-5-10-8(12)11-6-7(2)9-3/h7,9H,4-6H2,1-3H3,(H2,10,11,12). The van der Waals surface area contributed by atoms with Gasteiger partial charge < -0.3 is 16.0 Å². The summed E-state index contributed by atoms with van der Waals surface area (Å²) in [5.74, 6) is 0. The number of hydrogen-bond donors (Lipinski definition) is 3. The van der Waals surface area contributed by atoms with E-state index in [0.29, 0.717) is 12.6 Å². The van der Waals surface area contributed by atoms with Crippen LogP contribution in [0.2, 0.25) is 0 Å². The third kappa shape index (κ3) is 5.97. The van der Waals surface area contributed by atoms with Gasteiger partial charge in [0.15, 0.2) is 0 Å². The molecule has 0 saturated carbocycles. The molecule has 4 nitrogen and oxygen atoms in total. The number of carbonyl (C=O) groups excluding carboxylic acids is 1. The molecular formula is C8H19N3O. The lowest BCUT2D eigenvalue weighted by Crippen LogP contribution is -2.42. The maximum absolute atomic E-state index is 11.0. The minimum atomic E-state index is -0.0843. The molecular weight excluding hydrogens is 154 g/mol. The zero-order chi connectivity index (χ0) is 9.40. The van der Waals surface area contributed by atoms with Crippen LogP contribution in [0.1, 0.15) is 20.3 Å². The van der Waals surface area contributed by atoms with Crippen LogP contribution in [-0.2, 0) is 0 Å². The molecule has 0 fully saturated rings. The number of likely N-dealkylation sites (N-methyl/N-ethyl adjacent to an activating group) is 1. The Morgan fingerprint density at radius 3 is 2.58 bits per heavy atom. The summed E-state index contributed by atoms with van der Waals surface area (Å²) in [5.41, 5.74) is 0. The number of nitrogens with one attached hydrogen (secondary N) is 3. The second kappa shape index (κ2) is 6.91. The molecule has 1 atom stereocenters. The summed E-state index contributed by atoms with van der Waals surface area (Å²) in [6.07, 6.45) is 0.967. The Morgan fingerprint density at radius 1 is 1.42 bits per heavy atom. The fraction of sp³-hybridized carbons (Fsp3) is 0.875. The van der Waals surface area contributed by atoms with Crippen molar-refractivity contribution in [3.8, 4) is 0 Å². The lowest BCUT2D eigenvalue weighted by atomic mass is 10.3. The first kappa shape index (κ1) is 11.2. The van der Waals surface area contributed by atoms with Gasteiger partial charge in [-0.05, 0) is 20.4 Å². The molecule has 0 bridgehead atoms. The van der Waals surface area contributed by atoms with Gasteiger partial charge in [-0.15, -0.1) is 0 Å². The maximum atomic E-state index is 11.0. The van der Waals surface area contributed by atoms with Crippen LogP contribution in [0.15, 0.2) is 0 Å². The summed E-state index contributed by atoms with van der Waals surface area (Å²) in [7, 11) is 1.87. The molecule has 0 spiro atoms. The number of amides is 2. The van der Waals surface area contributed by atoms with E-state index < -0.39 is 0 Å². The van der Waals surface area contributed by atoms with Gasteiger partial charge in [0.2, 0.25) is 0 Å². The Hall–Kier alpha value is -0.770. The van der Waals surface area contributed by atoms with Gasteiger partial charge in [0.1, 0.15) is 0 Å². The monoisotopic (exact) mass is 173 g/mol. The lowest BCUT2D eigenvalue weighted by molar-refractivity contribution is 0.240. The van der Waals surface area contributed by atoms with Crippen molar-refractivity contribution in [1.29, 1.82) is 0 Å². The molecule has 72 valence electrons. The van der Waals surface area contributed by atoms with Crippen LogP contribution in [0.4, 0.5) is 4.79 Å². The van der Waals surface area contributed by atoms with E-state index in [1.807, 2.05) is 20.9 Å². The molecule has 2 amide bonds. The van der Waals surface area contributed by atoms with Crippen molar-refractivity contribution in [2.24, 2.45) is 0 Å². The Kier molecular flexibility index (Phi) is 6.47. The predicted molar refractivity (Wildman–Crippen MR) is 50.2 cm³/mol. The molecule has 0 aromatic rings. The van der Waals surface area contributed by atoms with Crippen LogP contribution in [0.25, 0.3) is 0 Å². The highest BCUT2D eigenvalue weighted by Gasteiger charge is 2.00. The smallest absolute Gasteiger partial charge is 0.314 e. The molecule has 3 N–H and O–H groups in total. The van der Waals surface area contributed by atoms with Crippen molar-refractivity contribution in [1.82, 2.24) is 16.0 Å². The molecule has 0 rings (SSSR count). The van der Waals surface area contributed by atoms with Crippen molar-refractivity contribution in [3.05, 3.63) is 0 Å². The highest BCUT2D eigenvalue weighted by Crippen LogP contribution is 1.76. The van der Waals surface area contributed by atoms with Crippen LogP contribution in [0.3, 0.4) is 0 Å². The normalized spacial score (nSPS) is 12.2. The quantitative estimate of drug-likeness (QED) is 0.560. The SMILES string of the molecule is CCCNC(=O)NCC(C)NC. The summed E-state index contributed by atoms with van der Waals surface area (Å²) >= 11 is 0. The van der Waals surface area contributed by atoms with Gasteiger partial charge >= 0.3 is 6.03 Å². The fourth-order valence-electron chi connectivity index (χ4n) is 0.649. The molecule has 0 radical (unpaired) electrons. The fourth-order valence-corrected chi connectivity index (χ4v) is 0.649. The largest absolute Gasteiger partial charge is 0.338 e. The van der Waals surface area contributed by atoms with Gasteiger partial charge in [0, 0.05) is 19.1 Å². The molecule has 12 heavy (non-hydrogen) atoms. The zero-order valence-electron chi connectivity index (χ0n) is 8.11. The third-order valence-electron chi connectivity index (χ3n) is 1.60. The van der Waals surface area contributed by atoms with Gasteiger partial charge in [-0.3, -0.25) is 0 Å². The summed E-state index contributed by atoms with van der Waals surface area (Å²) in [6.45, 7) is 5.43. The molecule has 0 saturated heterocycles. The average Bonchev–Trinajstić information content (AvgIpc) is 2.10. The van der Waals surface area contributed by atoms with Crippen LogP contribution in [-0.4, -0.2) is 32.2 Å². The van der Waals surface area contributed by atoms with Crippen LogP contribution < -0.4 is 16.0 Å². The average molecular weight is 173 g/mol. The van der Waals surface area contributed by atoms with E-state index in [2.05, 4.69) is 16.0 Å². The first-order chi connectivity index (χ1) is 5.70. The van der Waals surface area contributed by atoms with Gasteiger partial charge in [0.05, 0.1) is 0 Å². The number of rotatable bonds is 5. The van der Waals surface area contributed by atoms with Gasteiger partial charge in [0.25, 0.3) is 0 Å². The van der Waals surface area contributed by atoms with Crippen molar-refractivity contribution < 1.29 is 4.79 Å². The molecule has 1 unspecified atom stereocenters. The van der Waals surface area contributed by atoms with Crippen molar-refractivity contribution >= 4 is 6.03 Å². The highest BCUT2D eigenvalue weighted by atomic mass is 16.2. The van der Waals surface area contributed by atoms with E-state index >= 15 is 0 Å². The maximum Gasteiger partial charge on any atom is 0.314 e. The number of carbonyl (C=O) groups is 1. The second-order valence-electron chi connectivity index (χ2n) is 2.83. The Balaban J connectivity index is 3.31. The summed E-state index contributed by atoms with van der Waals surface area (Å²) < 4.78 is 0. The Morgan fingerprint density at radius 2 is 2.08 bits per heavy atom. The predicted octanol–water partition coefficient (Wildman–Crippen LogP) is 0.304. The second-order valence-corrected chi connectivity index (χ2v) is 2.83. The third-order valence-corrected chi connectivity index (χ3v) is 1.60. The minimum absolute atomic E-state index is 0.0843. The van der Waals surface area contributed by atoms with E-state index in [1.165, 1.54) is 0 Å². The molecule has 4 heteroatoms. The van der Waals surface area contributed by atoms with E-state index in [-0.39, 0.29) is 6.03 Å². The highest BCUT2D eigenvalue weighted by molar-refractivity contribution is 5.73. The summed E-state index contributed by atoms with van der Waals surface area (Å²) in [6, 6.07) is 0.233. The van der Waals surface area contributed by atoms with Gasteiger partial charge in [-0.2, -0.15) is 0 Å². The Bertz CT molecular complexity index is 127. The summed E-state index contributed by atoms with van der Waals surface area (Å²) in [4.78, 5) is 11.0. The Labute approximate surface area is 74.1 Å². The molecule has 0 aliphatic rings. The lowest BCUT2D eigenvalue weighted by Gasteiger charge is -2.11. The molecule has 0 aromatic heterocycles. The molecule has 0 aliphatic heterocycles. The first-order valence-corrected chi connectivity index (χ1v) is 4.39. The van der Waals surface area contributed by atoms with Gasteiger partial charge in [-0.25, -0.2) is 4.79 Å². The van der Waals surface area contributed by atoms with Crippen molar-refractivity contribution in [2.75, 3.05) is 20.1 Å². The number of hydrogen-bond acceptors (Lipinski definition) is 2. The molecule has 0 heterocycles. The van der Waals surface area contributed by atoms with Crippen LogP contribution >= 0.6 is 0 Å². The van der Waals surface area contributed by atoms with Crippen molar-refractivity contribution in [3.63, 3.8) is 0 Å². The molecule has 0 aliphatic carbocycles. The van der Waals surface area contributed by atoms with Crippen LogP contribution in [0, 0.1) is 0 Å².